The predicted molar refractivity (Wildman–Crippen MR) is 86.2 cm³/mol. The van der Waals surface area contributed by atoms with Crippen LogP contribution in [0.15, 0.2) is 18.2 Å². The molecule has 0 saturated heterocycles. The monoisotopic (exact) mass is 316 g/mol. The van der Waals surface area contributed by atoms with Gasteiger partial charge in [-0.15, -0.1) is 0 Å². The van der Waals surface area contributed by atoms with Crippen LogP contribution in [0, 0.1) is 12.8 Å². The normalized spacial score (nSPS) is 16.3. The molecule has 0 bridgehead atoms. The first-order valence-corrected chi connectivity index (χ1v) is 7.86. The maximum atomic E-state index is 9.54. The Morgan fingerprint density at radius 1 is 1.41 bits per heavy atom. The van der Waals surface area contributed by atoms with E-state index in [0.29, 0.717) is 17.0 Å². The highest BCUT2D eigenvalue weighted by atomic mass is 35.5. The number of rotatable bonds is 3. The molecule has 3 aromatic rings. The van der Waals surface area contributed by atoms with Crippen molar-refractivity contribution in [2.75, 3.05) is 0 Å². The number of halogens is 1. The summed E-state index contributed by atoms with van der Waals surface area (Å²) in [5.74, 6) is 1.53. The van der Waals surface area contributed by atoms with Crippen molar-refractivity contribution < 1.29 is 5.11 Å². The molecule has 22 heavy (non-hydrogen) atoms. The van der Waals surface area contributed by atoms with Crippen LogP contribution in [0.25, 0.3) is 22.6 Å². The third kappa shape index (κ3) is 2.08. The summed E-state index contributed by atoms with van der Waals surface area (Å²) in [6, 6.07) is 5.47. The van der Waals surface area contributed by atoms with Crippen LogP contribution in [-0.4, -0.2) is 24.9 Å². The van der Waals surface area contributed by atoms with Gasteiger partial charge in [0, 0.05) is 5.56 Å². The first-order valence-electron chi connectivity index (χ1n) is 7.48. The summed E-state index contributed by atoms with van der Waals surface area (Å²) < 4.78 is 2.03. The highest BCUT2D eigenvalue weighted by Gasteiger charge is 2.31. The van der Waals surface area contributed by atoms with E-state index in [0.717, 1.165) is 28.2 Å². The molecule has 2 heterocycles. The lowest BCUT2D eigenvalue weighted by Crippen LogP contribution is -2.09. The molecule has 0 aliphatic heterocycles. The van der Waals surface area contributed by atoms with Gasteiger partial charge in [0.1, 0.15) is 17.1 Å². The maximum Gasteiger partial charge on any atom is 0.177 e. The Morgan fingerprint density at radius 3 is 2.86 bits per heavy atom. The van der Waals surface area contributed by atoms with E-state index >= 15 is 0 Å². The molecule has 1 unspecified atom stereocenters. The van der Waals surface area contributed by atoms with E-state index in [1.807, 2.05) is 11.6 Å². The van der Waals surface area contributed by atoms with Crippen LogP contribution in [0.5, 0.6) is 5.75 Å². The Hall–Kier alpha value is -2.01. The molecule has 6 heteroatoms. The number of benzene rings is 1. The molecule has 0 amide bonds. The highest BCUT2D eigenvalue weighted by Crippen LogP contribution is 2.40. The largest absolute Gasteiger partial charge is 0.506 e. The van der Waals surface area contributed by atoms with E-state index in [9.17, 15) is 5.11 Å². The van der Waals surface area contributed by atoms with Crippen molar-refractivity contribution in [1.29, 1.82) is 0 Å². The lowest BCUT2D eigenvalue weighted by atomic mass is 10.2. The second-order valence-corrected chi connectivity index (χ2v) is 6.47. The highest BCUT2D eigenvalue weighted by molar-refractivity contribution is 6.32. The van der Waals surface area contributed by atoms with E-state index < -0.39 is 0 Å². The maximum absolute atomic E-state index is 9.54. The average molecular weight is 317 g/mol. The van der Waals surface area contributed by atoms with Crippen LogP contribution in [0.1, 0.15) is 31.5 Å². The van der Waals surface area contributed by atoms with Gasteiger partial charge in [-0.1, -0.05) is 11.6 Å². The van der Waals surface area contributed by atoms with E-state index in [2.05, 4.69) is 17.0 Å². The van der Waals surface area contributed by atoms with Gasteiger partial charge < -0.3 is 10.1 Å². The zero-order valence-corrected chi connectivity index (χ0v) is 13.2. The fraction of sp³-hybridized carbons (Fsp3) is 0.375. The second kappa shape index (κ2) is 4.74. The summed E-state index contributed by atoms with van der Waals surface area (Å²) in [4.78, 5) is 8.04. The molecule has 1 saturated carbocycles. The van der Waals surface area contributed by atoms with Gasteiger partial charge in [0.05, 0.1) is 16.8 Å². The molecule has 0 spiro atoms. The Labute approximate surface area is 132 Å². The standard InChI is InChI=1S/C16H17ClN4O/c1-8-14-16(21(20-8)9(2)10-3-4-10)19-15(18-14)11-5-6-13(22)12(17)7-11/h5-7,9-10,22H,3-4H2,1-2H3,(H,18,19). The first-order chi connectivity index (χ1) is 10.5. The molecule has 1 fully saturated rings. The van der Waals surface area contributed by atoms with E-state index in [-0.39, 0.29) is 5.75 Å². The number of H-pyrrole nitrogens is 1. The third-order valence-corrected chi connectivity index (χ3v) is 4.74. The Balaban J connectivity index is 1.83. The number of fused-ring (bicyclic) bond motifs is 1. The molecular formula is C16H17ClN4O. The molecule has 1 aliphatic rings. The predicted octanol–water partition coefficient (Wildman–Crippen LogP) is 4.06. The lowest BCUT2D eigenvalue weighted by molar-refractivity contribution is 0.449. The minimum Gasteiger partial charge on any atom is -0.506 e. The second-order valence-electron chi connectivity index (χ2n) is 6.06. The quantitative estimate of drug-likeness (QED) is 0.765. The van der Waals surface area contributed by atoms with Crippen LogP contribution in [-0.2, 0) is 0 Å². The number of phenols is 1. The molecule has 114 valence electrons. The van der Waals surface area contributed by atoms with Gasteiger partial charge in [0.15, 0.2) is 5.65 Å². The molecule has 0 radical (unpaired) electrons. The van der Waals surface area contributed by atoms with Gasteiger partial charge >= 0.3 is 0 Å². The molecule has 1 aliphatic carbocycles. The van der Waals surface area contributed by atoms with Crippen LogP contribution in [0.4, 0.5) is 0 Å². The zero-order valence-electron chi connectivity index (χ0n) is 12.5. The van der Waals surface area contributed by atoms with Crippen molar-refractivity contribution in [3.05, 3.63) is 28.9 Å². The van der Waals surface area contributed by atoms with Gasteiger partial charge in [0.25, 0.3) is 0 Å². The minimum absolute atomic E-state index is 0.0752. The summed E-state index contributed by atoms with van der Waals surface area (Å²) in [5.41, 5.74) is 3.65. The van der Waals surface area contributed by atoms with Crippen LogP contribution >= 0.6 is 11.6 Å². The first kappa shape index (κ1) is 13.6. The summed E-state index contributed by atoms with van der Waals surface area (Å²) in [7, 11) is 0. The molecule has 5 nitrogen and oxygen atoms in total. The van der Waals surface area contributed by atoms with E-state index in [4.69, 9.17) is 16.6 Å². The molecule has 2 aromatic heterocycles. The Morgan fingerprint density at radius 2 is 2.18 bits per heavy atom. The number of nitrogens with zero attached hydrogens (tertiary/aromatic N) is 3. The van der Waals surface area contributed by atoms with Gasteiger partial charge in [-0.3, -0.25) is 0 Å². The van der Waals surface area contributed by atoms with Gasteiger partial charge in [-0.05, 0) is 50.8 Å². The molecule has 2 N–H and O–H groups in total. The van der Waals surface area contributed by atoms with Crippen LogP contribution in [0.2, 0.25) is 5.02 Å². The van der Waals surface area contributed by atoms with E-state index in [1.165, 1.54) is 12.8 Å². The average Bonchev–Trinajstić information content (AvgIpc) is 3.18. The number of imidazole rings is 1. The number of aromatic nitrogens is 4. The fourth-order valence-electron chi connectivity index (χ4n) is 2.89. The van der Waals surface area contributed by atoms with Crippen molar-refractivity contribution in [2.45, 2.75) is 32.7 Å². The SMILES string of the molecule is Cc1nn(C(C)C2CC2)c2nc(-c3ccc(O)c(Cl)c3)[nH]c12. The Kier molecular flexibility index (Phi) is 2.94. The molecule has 1 aromatic carbocycles. The number of phenolic OH excluding ortho intramolecular Hbond substituents is 1. The van der Waals surface area contributed by atoms with Crippen LogP contribution in [0.3, 0.4) is 0 Å². The van der Waals surface area contributed by atoms with Crippen molar-refractivity contribution in [1.82, 2.24) is 19.7 Å². The molecule has 4 rings (SSSR count). The number of nitrogens with one attached hydrogen (secondary N) is 1. The van der Waals surface area contributed by atoms with Crippen molar-refractivity contribution in [2.24, 2.45) is 5.92 Å². The fourth-order valence-corrected chi connectivity index (χ4v) is 3.07. The number of aryl methyl sites for hydroxylation is 1. The number of aromatic amines is 1. The summed E-state index contributed by atoms with van der Waals surface area (Å²) in [6.45, 7) is 4.19. The van der Waals surface area contributed by atoms with Gasteiger partial charge in [-0.25, -0.2) is 9.67 Å². The third-order valence-electron chi connectivity index (χ3n) is 4.43. The van der Waals surface area contributed by atoms with Crippen LogP contribution < -0.4 is 0 Å². The van der Waals surface area contributed by atoms with Crippen molar-refractivity contribution >= 4 is 22.8 Å². The van der Waals surface area contributed by atoms with Gasteiger partial charge in [0.2, 0.25) is 0 Å². The lowest BCUT2D eigenvalue weighted by Gasteiger charge is -2.10. The molecule has 1 atom stereocenters. The smallest absolute Gasteiger partial charge is 0.177 e. The summed E-state index contributed by atoms with van der Waals surface area (Å²) >= 11 is 5.99. The van der Waals surface area contributed by atoms with Crippen molar-refractivity contribution in [3.63, 3.8) is 0 Å². The summed E-state index contributed by atoms with van der Waals surface area (Å²) in [5, 5.41) is 14.5. The van der Waals surface area contributed by atoms with Crippen molar-refractivity contribution in [3.8, 4) is 17.1 Å². The van der Waals surface area contributed by atoms with E-state index in [1.54, 1.807) is 18.2 Å². The topological polar surface area (TPSA) is 66.7 Å². The number of hydrogen-bond acceptors (Lipinski definition) is 3. The number of hydrogen-bond donors (Lipinski definition) is 2. The Bertz CT molecular complexity index is 863. The minimum atomic E-state index is 0.0752. The number of aromatic hydroxyl groups is 1. The zero-order chi connectivity index (χ0) is 15.4. The molecular weight excluding hydrogens is 300 g/mol. The summed E-state index contributed by atoms with van der Waals surface area (Å²) in [6.07, 6.45) is 2.54. The van der Waals surface area contributed by atoms with Gasteiger partial charge in [-0.2, -0.15) is 5.10 Å².